The molecular weight excluding hydrogens is 132 g/mol. The van der Waals surface area contributed by atoms with Crippen molar-refractivity contribution in [2.75, 3.05) is 0 Å². The van der Waals surface area contributed by atoms with E-state index in [1.807, 2.05) is 6.92 Å². The summed E-state index contributed by atoms with van der Waals surface area (Å²) < 4.78 is 4.17. The average molecular weight is 144 g/mol. The van der Waals surface area contributed by atoms with Gasteiger partial charge in [-0.25, -0.2) is 0 Å². The van der Waals surface area contributed by atoms with Gasteiger partial charge in [-0.1, -0.05) is 13.5 Å². The van der Waals surface area contributed by atoms with Gasteiger partial charge in [0.05, 0.1) is 6.26 Å². The fraction of sp³-hybridized carbons (Fsp3) is 0.429. The molecule has 0 saturated heterocycles. The number of aldehydes is 1. The molecule has 3 heteroatoms. The van der Waals surface area contributed by atoms with Gasteiger partial charge in [0.25, 0.3) is 0 Å². The molecule has 0 aliphatic carbocycles. The zero-order valence-corrected chi connectivity index (χ0v) is 6.29. The maximum Gasteiger partial charge on any atom is 0.307 e. The minimum Gasteiger partial charge on any atom is -0.435 e. The zero-order chi connectivity index (χ0) is 8.41. The first-order valence-electron chi connectivity index (χ1n) is 2.90. The summed E-state index contributed by atoms with van der Waals surface area (Å²) in [7, 11) is 0. The number of esters is 1. The third kappa shape index (κ3) is 28.7. The SMILES string of the molecule is C=COC(C)=O.CCC=O. The summed E-state index contributed by atoms with van der Waals surface area (Å²) in [5.41, 5.74) is 0. The molecule has 0 aromatic carbocycles. The Bertz CT molecular complexity index is 107. The molecule has 0 aromatic rings. The molecule has 0 fully saturated rings. The Kier molecular flexibility index (Phi) is 12.6. The fourth-order valence-corrected chi connectivity index (χ4v) is 0.117. The number of rotatable bonds is 2. The number of ether oxygens (including phenoxy) is 1. The first-order chi connectivity index (χ1) is 4.68. The van der Waals surface area contributed by atoms with Gasteiger partial charge in [-0.05, 0) is 0 Å². The Morgan fingerprint density at radius 2 is 2.10 bits per heavy atom. The smallest absolute Gasteiger partial charge is 0.307 e. The van der Waals surface area contributed by atoms with Crippen molar-refractivity contribution in [3.05, 3.63) is 12.8 Å². The van der Waals surface area contributed by atoms with Crippen molar-refractivity contribution >= 4 is 12.3 Å². The highest BCUT2D eigenvalue weighted by molar-refractivity contribution is 5.66. The van der Waals surface area contributed by atoms with Crippen LogP contribution in [0.3, 0.4) is 0 Å². The fourth-order valence-electron chi connectivity index (χ4n) is 0.117. The molecule has 0 atom stereocenters. The standard InChI is InChI=1S/C4H6O2.C3H6O/c1-3-6-4(2)5;1-2-3-4/h3H,1H2,2H3;3H,2H2,1H3. The van der Waals surface area contributed by atoms with E-state index in [-0.39, 0.29) is 5.97 Å². The normalized spacial score (nSPS) is 6.60. The maximum absolute atomic E-state index is 9.75. The molecule has 0 rings (SSSR count). The second-order valence-electron chi connectivity index (χ2n) is 1.35. The van der Waals surface area contributed by atoms with Gasteiger partial charge in [0, 0.05) is 13.3 Å². The van der Waals surface area contributed by atoms with Crippen molar-refractivity contribution in [1.82, 2.24) is 0 Å². The highest BCUT2D eigenvalue weighted by Gasteiger charge is 1.79. The van der Waals surface area contributed by atoms with Crippen LogP contribution < -0.4 is 0 Å². The number of carbonyl (C=O) groups excluding carboxylic acids is 2. The van der Waals surface area contributed by atoms with Gasteiger partial charge in [0.15, 0.2) is 0 Å². The van der Waals surface area contributed by atoms with Crippen LogP contribution in [0.5, 0.6) is 0 Å². The summed E-state index contributed by atoms with van der Waals surface area (Å²) in [6.07, 6.45) is 2.61. The highest BCUT2D eigenvalue weighted by atomic mass is 16.5. The summed E-state index contributed by atoms with van der Waals surface area (Å²) in [5, 5.41) is 0. The summed E-state index contributed by atoms with van der Waals surface area (Å²) in [6, 6.07) is 0. The molecule has 0 aliphatic rings. The van der Waals surface area contributed by atoms with E-state index in [4.69, 9.17) is 0 Å². The maximum atomic E-state index is 9.75. The van der Waals surface area contributed by atoms with Crippen LogP contribution >= 0.6 is 0 Å². The molecule has 0 N–H and O–H groups in total. The summed E-state index contributed by atoms with van der Waals surface area (Å²) >= 11 is 0. The van der Waals surface area contributed by atoms with Gasteiger partial charge in [0.2, 0.25) is 0 Å². The Balaban J connectivity index is 0. The molecule has 0 spiro atoms. The lowest BCUT2D eigenvalue weighted by molar-refractivity contribution is -0.135. The summed E-state index contributed by atoms with van der Waals surface area (Å²) in [4.78, 5) is 18.9. The second kappa shape index (κ2) is 10.8. The first-order valence-corrected chi connectivity index (χ1v) is 2.90. The van der Waals surface area contributed by atoms with Crippen LogP contribution in [0.4, 0.5) is 0 Å². The van der Waals surface area contributed by atoms with Crippen molar-refractivity contribution in [2.24, 2.45) is 0 Å². The van der Waals surface area contributed by atoms with Crippen LogP contribution in [-0.4, -0.2) is 12.3 Å². The Morgan fingerprint density at radius 1 is 1.70 bits per heavy atom. The predicted molar refractivity (Wildman–Crippen MR) is 38.3 cm³/mol. The minimum absolute atomic E-state index is 0.329. The Hall–Kier alpha value is -1.12. The van der Waals surface area contributed by atoms with E-state index in [2.05, 4.69) is 11.3 Å². The minimum atomic E-state index is -0.329. The van der Waals surface area contributed by atoms with Crippen LogP contribution in [0.25, 0.3) is 0 Å². The van der Waals surface area contributed by atoms with E-state index in [0.29, 0.717) is 6.42 Å². The number of hydrogen-bond donors (Lipinski definition) is 0. The quantitative estimate of drug-likeness (QED) is 0.333. The molecule has 0 heterocycles. The average Bonchev–Trinajstić information content (AvgIpc) is 1.89. The van der Waals surface area contributed by atoms with Gasteiger partial charge in [0.1, 0.15) is 6.29 Å². The number of carbonyl (C=O) groups is 2. The molecular formula is C7H12O3. The summed E-state index contributed by atoms with van der Waals surface area (Å²) in [6.45, 7) is 6.29. The van der Waals surface area contributed by atoms with Gasteiger partial charge in [-0.2, -0.15) is 0 Å². The Morgan fingerprint density at radius 3 is 2.10 bits per heavy atom. The highest BCUT2D eigenvalue weighted by Crippen LogP contribution is 1.70. The van der Waals surface area contributed by atoms with Crippen molar-refractivity contribution in [3.63, 3.8) is 0 Å². The summed E-state index contributed by atoms with van der Waals surface area (Å²) in [5.74, 6) is -0.329. The van der Waals surface area contributed by atoms with Crippen molar-refractivity contribution in [3.8, 4) is 0 Å². The molecule has 10 heavy (non-hydrogen) atoms. The van der Waals surface area contributed by atoms with E-state index in [1.165, 1.54) is 6.92 Å². The van der Waals surface area contributed by atoms with E-state index in [1.54, 1.807) is 0 Å². The first kappa shape index (κ1) is 11.6. The van der Waals surface area contributed by atoms with Crippen molar-refractivity contribution in [2.45, 2.75) is 20.3 Å². The monoisotopic (exact) mass is 144 g/mol. The lowest BCUT2D eigenvalue weighted by Gasteiger charge is -1.83. The molecule has 0 saturated carbocycles. The largest absolute Gasteiger partial charge is 0.435 e. The number of hydrogen-bond acceptors (Lipinski definition) is 3. The molecule has 0 amide bonds. The van der Waals surface area contributed by atoms with E-state index < -0.39 is 0 Å². The molecule has 0 radical (unpaired) electrons. The van der Waals surface area contributed by atoms with Crippen molar-refractivity contribution < 1.29 is 14.3 Å². The van der Waals surface area contributed by atoms with Crippen LogP contribution in [0.1, 0.15) is 20.3 Å². The van der Waals surface area contributed by atoms with Crippen LogP contribution in [0.15, 0.2) is 12.8 Å². The van der Waals surface area contributed by atoms with Crippen LogP contribution in [0, 0.1) is 0 Å². The van der Waals surface area contributed by atoms with Crippen molar-refractivity contribution in [1.29, 1.82) is 0 Å². The van der Waals surface area contributed by atoms with Gasteiger partial charge in [-0.3, -0.25) is 4.79 Å². The molecule has 3 nitrogen and oxygen atoms in total. The third-order valence-corrected chi connectivity index (χ3v) is 0.416. The van der Waals surface area contributed by atoms with E-state index >= 15 is 0 Å². The third-order valence-electron chi connectivity index (χ3n) is 0.416. The lowest BCUT2D eigenvalue weighted by atomic mass is 10.6. The Labute approximate surface area is 60.7 Å². The molecule has 58 valence electrons. The molecule has 0 unspecified atom stereocenters. The van der Waals surface area contributed by atoms with Gasteiger partial charge < -0.3 is 9.53 Å². The topological polar surface area (TPSA) is 43.4 Å². The molecule has 0 aliphatic heterocycles. The van der Waals surface area contributed by atoms with Gasteiger partial charge >= 0.3 is 5.97 Å². The van der Waals surface area contributed by atoms with E-state index in [0.717, 1.165) is 12.5 Å². The second-order valence-corrected chi connectivity index (χ2v) is 1.35. The van der Waals surface area contributed by atoms with Crippen LogP contribution in [0.2, 0.25) is 0 Å². The van der Waals surface area contributed by atoms with Crippen LogP contribution in [-0.2, 0) is 14.3 Å². The van der Waals surface area contributed by atoms with Gasteiger partial charge in [-0.15, -0.1) is 0 Å². The predicted octanol–water partition coefficient (Wildman–Crippen LogP) is 1.29. The van der Waals surface area contributed by atoms with E-state index in [9.17, 15) is 9.59 Å². The zero-order valence-electron chi connectivity index (χ0n) is 6.29. The molecule has 0 bridgehead atoms. The molecule has 0 aromatic heterocycles. The lowest BCUT2D eigenvalue weighted by Crippen LogP contribution is -1.87.